The molecule has 9 heteroatoms. The summed E-state index contributed by atoms with van der Waals surface area (Å²) in [6.45, 7) is 6.81. The number of carbonyl (C=O) groups is 1. The van der Waals surface area contributed by atoms with Crippen LogP contribution in [0.15, 0.2) is 42.6 Å². The molecule has 1 saturated heterocycles. The highest BCUT2D eigenvalue weighted by Crippen LogP contribution is 2.44. The van der Waals surface area contributed by atoms with Crippen molar-refractivity contribution in [3.63, 3.8) is 0 Å². The zero-order valence-electron chi connectivity index (χ0n) is 24.4. The van der Waals surface area contributed by atoms with Crippen LogP contribution in [0.2, 0.25) is 0 Å². The zero-order valence-corrected chi connectivity index (χ0v) is 25.2. The normalized spacial score (nSPS) is 20.8. The molecule has 222 valence electrons. The van der Waals surface area contributed by atoms with Crippen molar-refractivity contribution in [2.75, 3.05) is 24.7 Å². The van der Waals surface area contributed by atoms with E-state index >= 15 is 0 Å². The van der Waals surface area contributed by atoms with Gasteiger partial charge in [-0.3, -0.25) is 4.79 Å². The van der Waals surface area contributed by atoms with Gasteiger partial charge in [-0.25, -0.2) is 13.4 Å². The van der Waals surface area contributed by atoms with E-state index in [9.17, 15) is 13.2 Å². The molecule has 1 unspecified atom stereocenters. The van der Waals surface area contributed by atoms with Gasteiger partial charge in [-0.1, -0.05) is 18.2 Å². The molecular formula is C33H37NO7S. The second kappa shape index (κ2) is 11.6. The summed E-state index contributed by atoms with van der Waals surface area (Å²) < 4.78 is 47.2. The SMILES string of the molecule is CCOC(=O)C[C@@H]1COc2cc(OC3CCc4c(-c5c(C)cc(OC6CCS(=O)(=O)CC6)cc5C)cccc43)ncc21. The highest BCUT2D eigenvalue weighted by atomic mass is 32.2. The highest BCUT2D eigenvalue weighted by molar-refractivity contribution is 7.91. The number of esters is 1. The number of carbonyl (C=O) groups excluding carboxylic acids is 1. The van der Waals surface area contributed by atoms with Gasteiger partial charge < -0.3 is 18.9 Å². The number of rotatable bonds is 8. The molecule has 1 fully saturated rings. The third-order valence-electron chi connectivity index (χ3n) is 8.53. The molecule has 8 nitrogen and oxygen atoms in total. The van der Waals surface area contributed by atoms with Gasteiger partial charge in [0.25, 0.3) is 0 Å². The number of aryl methyl sites for hydroxylation is 2. The minimum Gasteiger partial charge on any atom is -0.492 e. The summed E-state index contributed by atoms with van der Waals surface area (Å²) in [6, 6.07) is 12.4. The van der Waals surface area contributed by atoms with E-state index < -0.39 is 9.84 Å². The van der Waals surface area contributed by atoms with E-state index in [2.05, 4.69) is 49.2 Å². The number of fused-ring (bicyclic) bond motifs is 2. The van der Waals surface area contributed by atoms with E-state index in [4.69, 9.17) is 18.9 Å². The summed E-state index contributed by atoms with van der Waals surface area (Å²) in [7, 11) is -2.92. The van der Waals surface area contributed by atoms with Gasteiger partial charge in [0.1, 0.15) is 23.7 Å². The second-order valence-electron chi connectivity index (χ2n) is 11.5. The summed E-state index contributed by atoms with van der Waals surface area (Å²) >= 11 is 0. The molecule has 2 atom stereocenters. The molecule has 0 bridgehead atoms. The van der Waals surface area contributed by atoms with E-state index in [1.54, 1.807) is 13.1 Å². The number of sulfone groups is 1. The van der Waals surface area contributed by atoms with Crippen LogP contribution in [-0.2, 0) is 25.8 Å². The summed E-state index contributed by atoms with van der Waals surface area (Å²) in [6.07, 6.45) is 4.67. The maximum Gasteiger partial charge on any atom is 0.306 e. The Kier molecular flexibility index (Phi) is 7.87. The van der Waals surface area contributed by atoms with Crippen LogP contribution in [-0.4, -0.2) is 50.2 Å². The Morgan fingerprint density at radius 2 is 1.79 bits per heavy atom. The molecule has 0 radical (unpaired) electrons. The van der Waals surface area contributed by atoms with Gasteiger partial charge in [0.15, 0.2) is 9.84 Å². The Labute approximate surface area is 247 Å². The van der Waals surface area contributed by atoms with Crippen molar-refractivity contribution in [3.8, 4) is 28.5 Å². The maximum atomic E-state index is 12.0. The predicted molar refractivity (Wildman–Crippen MR) is 159 cm³/mol. The molecule has 42 heavy (non-hydrogen) atoms. The fraction of sp³-hybridized carbons (Fsp3) is 0.455. The molecule has 1 aliphatic carbocycles. The molecule has 0 spiro atoms. The Morgan fingerprint density at radius 1 is 1.02 bits per heavy atom. The van der Waals surface area contributed by atoms with Gasteiger partial charge in [0.05, 0.1) is 31.1 Å². The average Bonchev–Trinajstić information content (AvgIpc) is 3.54. The summed E-state index contributed by atoms with van der Waals surface area (Å²) in [4.78, 5) is 16.5. The lowest BCUT2D eigenvalue weighted by atomic mass is 9.90. The van der Waals surface area contributed by atoms with E-state index in [1.165, 1.54) is 22.3 Å². The lowest BCUT2D eigenvalue weighted by Crippen LogP contribution is -2.30. The van der Waals surface area contributed by atoms with Gasteiger partial charge in [-0.15, -0.1) is 0 Å². The van der Waals surface area contributed by atoms with Crippen molar-refractivity contribution in [2.45, 2.75) is 71.0 Å². The molecule has 2 aromatic carbocycles. The summed E-state index contributed by atoms with van der Waals surface area (Å²) in [5, 5.41) is 0. The minimum atomic E-state index is -2.92. The lowest BCUT2D eigenvalue weighted by Gasteiger charge is -2.24. The third-order valence-corrected chi connectivity index (χ3v) is 10.2. The first-order valence-corrected chi connectivity index (χ1v) is 16.6. The zero-order chi connectivity index (χ0) is 29.4. The second-order valence-corrected chi connectivity index (χ2v) is 13.8. The van der Waals surface area contributed by atoms with Crippen LogP contribution in [0.4, 0.5) is 0 Å². The quantitative estimate of drug-likeness (QED) is 0.302. The Hall–Kier alpha value is -3.59. The van der Waals surface area contributed by atoms with Gasteiger partial charge in [-0.2, -0.15) is 0 Å². The number of pyridine rings is 1. The first-order chi connectivity index (χ1) is 20.2. The number of benzene rings is 2. The van der Waals surface area contributed by atoms with Gasteiger partial charge in [-0.05, 0) is 92.0 Å². The van der Waals surface area contributed by atoms with Gasteiger partial charge >= 0.3 is 5.97 Å². The fourth-order valence-electron chi connectivity index (χ4n) is 6.51. The Morgan fingerprint density at radius 3 is 2.52 bits per heavy atom. The summed E-state index contributed by atoms with van der Waals surface area (Å²) in [5.74, 6) is 2.11. The minimum absolute atomic E-state index is 0.0579. The first-order valence-electron chi connectivity index (χ1n) is 14.8. The van der Waals surface area contributed by atoms with Crippen LogP contribution >= 0.6 is 0 Å². The predicted octanol–water partition coefficient (Wildman–Crippen LogP) is 5.82. The molecule has 0 saturated carbocycles. The average molecular weight is 592 g/mol. The van der Waals surface area contributed by atoms with Crippen LogP contribution in [0.3, 0.4) is 0 Å². The van der Waals surface area contributed by atoms with E-state index in [-0.39, 0.29) is 42.0 Å². The largest absolute Gasteiger partial charge is 0.492 e. The van der Waals surface area contributed by atoms with Crippen LogP contribution in [0.25, 0.3) is 11.1 Å². The van der Waals surface area contributed by atoms with E-state index in [0.717, 1.165) is 35.3 Å². The smallest absolute Gasteiger partial charge is 0.306 e. The summed E-state index contributed by atoms with van der Waals surface area (Å²) in [5.41, 5.74) is 8.02. The molecule has 6 rings (SSSR count). The highest BCUT2D eigenvalue weighted by Gasteiger charge is 2.31. The standard InChI is InChI=1S/C33H37NO7S/c1-4-38-32(35)16-22-19-39-30-17-31(34-18-28(22)30)41-29-9-8-25-26(29)6-5-7-27(25)33-20(2)14-24(15-21(33)3)40-23-10-12-42(36,37)13-11-23/h5-7,14-15,17-18,22-23,29H,4,8-13,16,19H2,1-3H3/t22-,29?/m1/s1. The molecular weight excluding hydrogens is 554 g/mol. The molecule has 2 aliphatic heterocycles. The molecule has 3 aromatic rings. The van der Waals surface area contributed by atoms with Crippen molar-refractivity contribution in [2.24, 2.45) is 0 Å². The van der Waals surface area contributed by atoms with Crippen LogP contribution < -0.4 is 14.2 Å². The Bertz CT molecular complexity index is 1580. The van der Waals surface area contributed by atoms with Crippen molar-refractivity contribution >= 4 is 15.8 Å². The van der Waals surface area contributed by atoms with Crippen LogP contribution in [0.5, 0.6) is 17.4 Å². The van der Waals surface area contributed by atoms with Crippen LogP contribution in [0.1, 0.15) is 72.4 Å². The molecule has 0 N–H and O–H groups in total. The lowest BCUT2D eigenvalue weighted by molar-refractivity contribution is -0.143. The number of ether oxygens (including phenoxy) is 4. The Balaban J connectivity index is 1.18. The number of hydrogen-bond donors (Lipinski definition) is 0. The first kappa shape index (κ1) is 28.5. The fourth-order valence-corrected chi connectivity index (χ4v) is 7.96. The van der Waals surface area contributed by atoms with E-state index in [0.29, 0.717) is 37.7 Å². The van der Waals surface area contributed by atoms with Crippen molar-refractivity contribution in [1.82, 2.24) is 4.98 Å². The monoisotopic (exact) mass is 591 g/mol. The molecule has 0 amide bonds. The van der Waals surface area contributed by atoms with Crippen molar-refractivity contribution in [3.05, 3.63) is 70.4 Å². The molecule has 3 aliphatic rings. The number of nitrogens with zero attached hydrogens (tertiary/aromatic N) is 1. The van der Waals surface area contributed by atoms with Crippen LogP contribution in [0, 0.1) is 13.8 Å². The molecule has 1 aromatic heterocycles. The maximum absolute atomic E-state index is 12.0. The van der Waals surface area contributed by atoms with Gasteiger partial charge in [0.2, 0.25) is 5.88 Å². The van der Waals surface area contributed by atoms with Gasteiger partial charge in [0, 0.05) is 23.7 Å². The van der Waals surface area contributed by atoms with Crippen molar-refractivity contribution < 1.29 is 32.2 Å². The third kappa shape index (κ3) is 5.84. The number of aromatic nitrogens is 1. The number of hydrogen-bond acceptors (Lipinski definition) is 8. The van der Waals surface area contributed by atoms with Crippen molar-refractivity contribution in [1.29, 1.82) is 0 Å². The van der Waals surface area contributed by atoms with E-state index in [1.807, 2.05) is 6.07 Å². The topological polar surface area (TPSA) is 101 Å². The molecule has 3 heterocycles.